The predicted molar refractivity (Wildman–Crippen MR) is 53.2 cm³/mol. The SMILES string of the molecule is Cc1cc(OC(F)(F)F)nc(CF)c1I. The first-order chi connectivity index (χ1) is 6.83. The summed E-state index contributed by atoms with van der Waals surface area (Å²) in [5.74, 6) is -0.631. The molecule has 0 bridgehead atoms. The Morgan fingerprint density at radius 1 is 1.47 bits per heavy atom. The van der Waals surface area contributed by atoms with Gasteiger partial charge in [-0.2, -0.15) is 0 Å². The first-order valence-corrected chi connectivity index (χ1v) is 4.89. The molecule has 1 aromatic heterocycles. The van der Waals surface area contributed by atoms with Crippen LogP contribution in [0.15, 0.2) is 6.07 Å². The van der Waals surface area contributed by atoms with Crippen molar-refractivity contribution in [2.75, 3.05) is 0 Å². The van der Waals surface area contributed by atoms with Crippen molar-refractivity contribution in [1.29, 1.82) is 0 Å². The normalized spacial score (nSPS) is 11.6. The molecule has 84 valence electrons. The smallest absolute Gasteiger partial charge is 0.388 e. The fourth-order valence-corrected chi connectivity index (χ4v) is 1.37. The third kappa shape index (κ3) is 3.47. The molecule has 0 saturated carbocycles. The van der Waals surface area contributed by atoms with Crippen LogP contribution in [0.5, 0.6) is 5.88 Å². The van der Waals surface area contributed by atoms with Crippen LogP contribution in [0.2, 0.25) is 0 Å². The minimum Gasteiger partial charge on any atom is -0.388 e. The topological polar surface area (TPSA) is 22.1 Å². The molecule has 0 radical (unpaired) electrons. The Morgan fingerprint density at radius 3 is 2.53 bits per heavy atom. The standard InChI is InChI=1S/C8H6F4INO/c1-4-2-6(15-8(10,11)12)14-5(3-9)7(4)13/h2H,3H2,1H3. The quantitative estimate of drug-likeness (QED) is 0.611. The lowest BCUT2D eigenvalue weighted by atomic mass is 10.2. The maximum Gasteiger partial charge on any atom is 0.574 e. The van der Waals surface area contributed by atoms with Crippen LogP contribution in [0.25, 0.3) is 0 Å². The molecule has 0 aliphatic heterocycles. The first kappa shape index (κ1) is 12.5. The molecule has 0 aliphatic carbocycles. The van der Waals surface area contributed by atoms with E-state index in [4.69, 9.17) is 0 Å². The average molecular weight is 335 g/mol. The van der Waals surface area contributed by atoms with Crippen LogP contribution >= 0.6 is 22.6 Å². The molecule has 15 heavy (non-hydrogen) atoms. The van der Waals surface area contributed by atoms with E-state index in [2.05, 4.69) is 9.72 Å². The third-order valence-electron chi connectivity index (χ3n) is 1.53. The summed E-state index contributed by atoms with van der Waals surface area (Å²) < 4.78 is 52.0. The summed E-state index contributed by atoms with van der Waals surface area (Å²) in [7, 11) is 0. The molecule has 0 spiro atoms. The summed E-state index contributed by atoms with van der Waals surface area (Å²) in [6, 6.07) is 1.12. The van der Waals surface area contributed by atoms with Crippen LogP contribution in [-0.2, 0) is 6.67 Å². The number of hydrogen-bond acceptors (Lipinski definition) is 2. The second-order valence-corrected chi connectivity index (χ2v) is 3.80. The maximum absolute atomic E-state index is 12.4. The molecule has 1 rings (SSSR count). The van der Waals surface area contributed by atoms with Gasteiger partial charge >= 0.3 is 6.36 Å². The van der Waals surface area contributed by atoms with Crippen molar-refractivity contribution in [2.45, 2.75) is 20.0 Å². The van der Waals surface area contributed by atoms with Crippen LogP contribution in [0.3, 0.4) is 0 Å². The highest BCUT2D eigenvalue weighted by Crippen LogP contribution is 2.25. The van der Waals surface area contributed by atoms with Crippen LogP contribution in [0.4, 0.5) is 17.6 Å². The molecular formula is C8H6F4INO. The second-order valence-electron chi connectivity index (χ2n) is 2.72. The number of rotatable bonds is 2. The van der Waals surface area contributed by atoms with E-state index in [1.807, 2.05) is 22.6 Å². The zero-order valence-corrected chi connectivity index (χ0v) is 9.69. The van der Waals surface area contributed by atoms with E-state index in [1.165, 1.54) is 0 Å². The summed E-state index contributed by atoms with van der Waals surface area (Å²) >= 11 is 1.82. The van der Waals surface area contributed by atoms with Gasteiger partial charge in [0.05, 0.1) is 5.69 Å². The van der Waals surface area contributed by atoms with Gasteiger partial charge in [0.2, 0.25) is 5.88 Å². The largest absolute Gasteiger partial charge is 0.574 e. The molecule has 0 amide bonds. The van der Waals surface area contributed by atoms with E-state index in [9.17, 15) is 17.6 Å². The first-order valence-electron chi connectivity index (χ1n) is 3.81. The minimum atomic E-state index is -4.81. The van der Waals surface area contributed by atoms with Gasteiger partial charge in [0.25, 0.3) is 0 Å². The molecular weight excluding hydrogens is 329 g/mol. The number of ether oxygens (including phenoxy) is 1. The maximum atomic E-state index is 12.4. The van der Waals surface area contributed by atoms with E-state index in [0.29, 0.717) is 9.13 Å². The van der Waals surface area contributed by atoms with Gasteiger partial charge in [0.15, 0.2) is 0 Å². The van der Waals surface area contributed by atoms with Crippen LogP contribution in [0.1, 0.15) is 11.3 Å². The Bertz CT molecular complexity index is 366. The number of nitrogens with zero attached hydrogens (tertiary/aromatic N) is 1. The van der Waals surface area contributed by atoms with Gasteiger partial charge in [-0.15, -0.1) is 13.2 Å². The molecule has 0 atom stereocenters. The Kier molecular flexibility index (Phi) is 3.74. The zero-order valence-electron chi connectivity index (χ0n) is 7.53. The van der Waals surface area contributed by atoms with Gasteiger partial charge in [0, 0.05) is 9.64 Å². The summed E-state index contributed by atoms with van der Waals surface area (Å²) in [5, 5.41) is 0. The molecule has 0 N–H and O–H groups in total. The number of halogens is 5. The number of hydrogen-bond donors (Lipinski definition) is 0. The third-order valence-corrected chi connectivity index (χ3v) is 3.00. The fraction of sp³-hybridized carbons (Fsp3) is 0.375. The van der Waals surface area contributed by atoms with Crippen molar-refractivity contribution in [3.63, 3.8) is 0 Å². The van der Waals surface area contributed by atoms with E-state index in [1.54, 1.807) is 6.92 Å². The van der Waals surface area contributed by atoms with Crippen LogP contribution in [-0.4, -0.2) is 11.3 Å². The Morgan fingerprint density at radius 2 is 2.07 bits per heavy atom. The summed E-state index contributed by atoms with van der Waals surface area (Å²) in [6.45, 7) is 0.639. The fourth-order valence-electron chi connectivity index (χ4n) is 0.950. The Labute approximate surface area is 96.8 Å². The average Bonchev–Trinajstić information content (AvgIpc) is 2.08. The molecule has 0 unspecified atom stereocenters. The molecule has 0 aromatic carbocycles. The van der Waals surface area contributed by atoms with Gasteiger partial charge in [-0.25, -0.2) is 9.37 Å². The number of pyridine rings is 1. The molecule has 0 saturated heterocycles. The summed E-state index contributed by atoms with van der Waals surface area (Å²) in [5.41, 5.74) is 0.451. The highest BCUT2D eigenvalue weighted by atomic mass is 127. The number of aryl methyl sites for hydroxylation is 1. The van der Waals surface area contributed by atoms with Crippen molar-refractivity contribution < 1.29 is 22.3 Å². The lowest BCUT2D eigenvalue weighted by Crippen LogP contribution is -2.18. The van der Waals surface area contributed by atoms with Crippen molar-refractivity contribution in [3.8, 4) is 5.88 Å². The predicted octanol–water partition coefficient (Wildman–Crippen LogP) is 3.36. The summed E-state index contributed by atoms with van der Waals surface area (Å²) in [6.07, 6.45) is -4.81. The van der Waals surface area contributed by atoms with Gasteiger partial charge in [-0.05, 0) is 35.1 Å². The van der Waals surface area contributed by atoms with Crippen LogP contribution in [0, 0.1) is 10.5 Å². The van der Waals surface area contributed by atoms with E-state index in [-0.39, 0.29) is 5.69 Å². The lowest BCUT2D eigenvalue weighted by Gasteiger charge is -2.10. The van der Waals surface area contributed by atoms with Crippen molar-refractivity contribution in [2.24, 2.45) is 0 Å². The van der Waals surface area contributed by atoms with Gasteiger partial charge < -0.3 is 4.74 Å². The number of aromatic nitrogens is 1. The molecule has 2 nitrogen and oxygen atoms in total. The highest BCUT2D eigenvalue weighted by molar-refractivity contribution is 14.1. The molecule has 0 fully saturated rings. The van der Waals surface area contributed by atoms with Crippen LogP contribution < -0.4 is 4.74 Å². The minimum absolute atomic E-state index is 0.0464. The van der Waals surface area contributed by atoms with E-state index < -0.39 is 18.9 Å². The molecule has 1 aromatic rings. The van der Waals surface area contributed by atoms with Crippen molar-refractivity contribution in [1.82, 2.24) is 4.98 Å². The van der Waals surface area contributed by atoms with E-state index in [0.717, 1.165) is 6.07 Å². The number of alkyl halides is 4. The molecule has 1 heterocycles. The zero-order chi connectivity index (χ0) is 11.6. The lowest BCUT2D eigenvalue weighted by molar-refractivity contribution is -0.276. The van der Waals surface area contributed by atoms with Crippen molar-refractivity contribution in [3.05, 3.63) is 20.9 Å². The van der Waals surface area contributed by atoms with Gasteiger partial charge in [-0.1, -0.05) is 0 Å². The monoisotopic (exact) mass is 335 g/mol. The molecule has 7 heteroatoms. The molecule has 0 aliphatic rings. The summed E-state index contributed by atoms with van der Waals surface area (Å²) in [4.78, 5) is 3.41. The van der Waals surface area contributed by atoms with Gasteiger partial charge in [-0.3, -0.25) is 0 Å². The van der Waals surface area contributed by atoms with Crippen molar-refractivity contribution >= 4 is 22.6 Å². The second kappa shape index (κ2) is 4.50. The highest BCUT2D eigenvalue weighted by Gasteiger charge is 2.32. The van der Waals surface area contributed by atoms with E-state index >= 15 is 0 Å². The Hall–Kier alpha value is -0.600. The Balaban J connectivity index is 3.06. The van der Waals surface area contributed by atoms with Gasteiger partial charge in [0.1, 0.15) is 6.67 Å².